The summed E-state index contributed by atoms with van der Waals surface area (Å²) in [6.07, 6.45) is 2.27. The van der Waals surface area contributed by atoms with Crippen molar-refractivity contribution >= 4 is 17.2 Å². The molecule has 0 saturated carbocycles. The van der Waals surface area contributed by atoms with Crippen LogP contribution in [0.4, 0.5) is 0 Å². The van der Waals surface area contributed by atoms with Crippen molar-refractivity contribution in [1.82, 2.24) is 15.6 Å². The molecule has 5 heteroatoms. The first-order chi connectivity index (χ1) is 8.15. The average Bonchev–Trinajstić information content (AvgIpc) is 2.76. The summed E-state index contributed by atoms with van der Waals surface area (Å²) in [6, 6.07) is 0.432. The quantitative estimate of drug-likeness (QED) is 0.773. The van der Waals surface area contributed by atoms with Gasteiger partial charge in [-0.05, 0) is 26.8 Å². The highest BCUT2D eigenvalue weighted by atomic mass is 32.1. The Morgan fingerprint density at radius 1 is 1.59 bits per heavy atom. The van der Waals surface area contributed by atoms with Crippen LogP contribution >= 0.6 is 11.3 Å². The number of nitrogens with one attached hydrogen (secondary N) is 2. The van der Waals surface area contributed by atoms with Gasteiger partial charge >= 0.3 is 0 Å². The zero-order valence-electron chi connectivity index (χ0n) is 10.7. The molecule has 17 heavy (non-hydrogen) atoms. The lowest BCUT2D eigenvalue weighted by atomic mass is 10.2. The molecule has 1 rings (SSSR count). The number of carbonyl (C=O) groups is 1. The minimum Gasteiger partial charge on any atom is -0.356 e. The lowest BCUT2D eigenvalue weighted by Gasteiger charge is -2.10. The predicted octanol–water partition coefficient (Wildman–Crippen LogP) is 1.36. The number of carbonyl (C=O) groups excluding carboxylic acids is 1. The first kappa shape index (κ1) is 14.1. The fourth-order valence-electron chi connectivity index (χ4n) is 1.39. The number of rotatable bonds is 7. The van der Waals surface area contributed by atoms with Gasteiger partial charge in [0.15, 0.2) is 0 Å². The second-order valence-electron chi connectivity index (χ2n) is 4.09. The lowest BCUT2D eigenvalue weighted by Crippen LogP contribution is -2.31. The summed E-state index contributed by atoms with van der Waals surface area (Å²) in [6.45, 7) is 4.88. The minimum absolute atomic E-state index is 0.0567. The first-order valence-electron chi connectivity index (χ1n) is 6.03. The van der Waals surface area contributed by atoms with Gasteiger partial charge in [-0.2, -0.15) is 0 Å². The van der Waals surface area contributed by atoms with Crippen LogP contribution in [-0.4, -0.2) is 30.5 Å². The molecule has 4 nitrogen and oxygen atoms in total. The fraction of sp³-hybridized carbons (Fsp3) is 0.667. The van der Waals surface area contributed by atoms with E-state index in [4.69, 9.17) is 0 Å². The van der Waals surface area contributed by atoms with E-state index in [1.807, 2.05) is 12.4 Å². The van der Waals surface area contributed by atoms with Gasteiger partial charge in [0.1, 0.15) is 0 Å². The van der Waals surface area contributed by atoms with Crippen molar-refractivity contribution in [1.29, 1.82) is 0 Å². The molecule has 1 amide bonds. The summed E-state index contributed by atoms with van der Waals surface area (Å²) >= 11 is 1.62. The van der Waals surface area contributed by atoms with Gasteiger partial charge in [-0.25, -0.2) is 4.98 Å². The van der Waals surface area contributed by atoms with Gasteiger partial charge in [0.05, 0.1) is 17.1 Å². The molecule has 0 aliphatic rings. The van der Waals surface area contributed by atoms with Gasteiger partial charge in [0, 0.05) is 18.0 Å². The highest BCUT2D eigenvalue weighted by Crippen LogP contribution is 2.10. The van der Waals surface area contributed by atoms with Crippen LogP contribution in [0.3, 0.4) is 0 Å². The van der Waals surface area contributed by atoms with E-state index >= 15 is 0 Å². The molecule has 1 atom stereocenters. The SMILES string of the molecule is CCc1nc(CC(=O)NCC[C@H](C)NC)cs1. The van der Waals surface area contributed by atoms with Gasteiger partial charge in [0.2, 0.25) is 5.91 Å². The molecular weight excluding hydrogens is 234 g/mol. The molecule has 0 fully saturated rings. The summed E-state index contributed by atoms with van der Waals surface area (Å²) in [5.74, 6) is 0.0567. The average molecular weight is 255 g/mol. The largest absolute Gasteiger partial charge is 0.356 e. The van der Waals surface area contributed by atoms with E-state index in [0.29, 0.717) is 19.0 Å². The summed E-state index contributed by atoms with van der Waals surface area (Å²) < 4.78 is 0. The van der Waals surface area contributed by atoms with E-state index in [9.17, 15) is 4.79 Å². The molecule has 0 aliphatic heterocycles. The maximum atomic E-state index is 11.6. The van der Waals surface area contributed by atoms with Gasteiger partial charge < -0.3 is 10.6 Å². The molecular formula is C12H21N3OS. The Bertz CT molecular complexity index is 351. The minimum atomic E-state index is 0.0567. The number of aryl methyl sites for hydroxylation is 1. The Morgan fingerprint density at radius 2 is 2.35 bits per heavy atom. The van der Waals surface area contributed by atoms with Crippen LogP contribution in [0.5, 0.6) is 0 Å². The summed E-state index contributed by atoms with van der Waals surface area (Å²) in [4.78, 5) is 16.0. The number of thiazole rings is 1. The van der Waals surface area contributed by atoms with Gasteiger partial charge in [0.25, 0.3) is 0 Å². The Morgan fingerprint density at radius 3 is 2.94 bits per heavy atom. The van der Waals surface area contributed by atoms with E-state index in [1.54, 1.807) is 11.3 Å². The highest BCUT2D eigenvalue weighted by Gasteiger charge is 2.07. The molecule has 1 aromatic heterocycles. The van der Waals surface area contributed by atoms with E-state index in [2.05, 4.69) is 29.5 Å². The van der Waals surface area contributed by atoms with Crippen LogP contribution in [0.25, 0.3) is 0 Å². The molecule has 0 saturated heterocycles. The number of amides is 1. The molecule has 0 aliphatic carbocycles. The van der Waals surface area contributed by atoms with E-state index < -0.39 is 0 Å². The van der Waals surface area contributed by atoms with Crippen LogP contribution in [0.2, 0.25) is 0 Å². The third-order valence-electron chi connectivity index (χ3n) is 2.64. The number of aromatic nitrogens is 1. The van der Waals surface area contributed by atoms with Crippen molar-refractivity contribution in [3.05, 3.63) is 16.1 Å². The molecule has 0 unspecified atom stereocenters. The van der Waals surface area contributed by atoms with Gasteiger partial charge in [-0.3, -0.25) is 4.79 Å². The maximum Gasteiger partial charge on any atom is 0.226 e. The zero-order chi connectivity index (χ0) is 12.7. The van der Waals surface area contributed by atoms with E-state index in [-0.39, 0.29) is 5.91 Å². The third kappa shape index (κ3) is 5.28. The van der Waals surface area contributed by atoms with Crippen LogP contribution in [0.15, 0.2) is 5.38 Å². The molecule has 1 heterocycles. The fourth-order valence-corrected chi connectivity index (χ4v) is 2.14. The molecule has 0 spiro atoms. The molecule has 1 aromatic rings. The van der Waals surface area contributed by atoms with Crippen molar-refractivity contribution in [2.75, 3.05) is 13.6 Å². The Balaban J connectivity index is 2.25. The van der Waals surface area contributed by atoms with E-state index in [1.165, 1.54) is 0 Å². The Kier molecular flexibility index (Phi) is 6.15. The molecule has 96 valence electrons. The predicted molar refractivity (Wildman–Crippen MR) is 71.3 cm³/mol. The lowest BCUT2D eigenvalue weighted by molar-refractivity contribution is -0.120. The molecule has 0 radical (unpaired) electrons. The zero-order valence-corrected chi connectivity index (χ0v) is 11.6. The third-order valence-corrected chi connectivity index (χ3v) is 3.68. The smallest absolute Gasteiger partial charge is 0.226 e. The molecule has 2 N–H and O–H groups in total. The topological polar surface area (TPSA) is 54.0 Å². The number of hydrogen-bond donors (Lipinski definition) is 2. The van der Waals surface area contributed by atoms with E-state index in [0.717, 1.165) is 23.5 Å². The molecule has 0 aromatic carbocycles. The van der Waals surface area contributed by atoms with Crippen molar-refractivity contribution in [2.45, 2.75) is 39.2 Å². The van der Waals surface area contributed by atoms with Crippen molar-refractivity contribution in [3.63, 3.8) is 0 Å². The standard InChI is InChI=1S/C12H21N3OS/c1-4-12-15-10(8-17-12)7-11(16)14-6-5-9(2)13-3/h8-9,13H,4-7H2,1-3H3,(H,14,16)/t9-/m0/s1. The second kappa shape index (κ2) is 7.40. The number of hydrogen-bond acceptors (Lipinski definition) is 4. The van der Waals surface area contributed by atoms with Crippen LogP contribution < -0.4 is 10.6 Å². The van der Waals surface area contributed by atoms with Crippen molar-refractivity contribution in [3.8, 4) is 0 Å². The van der Waals surface area contributed by atoms with Crippen molar-refractivity contribution < 1.29 is 4.79 Å². The Labute approximate surface area is 107 Å². The summed E-state index contributed by atoms with van der Waals surface area (Å²) in [5.41, 5.74) is 0.881. The monoisotopic (exact) mass is 255 g/mol. The van der Waals surface area contributed by atoms with Gasteiger partial charge in [-0.15, -0.1) is 11.3 Å². The normalized spacial score (nSPS) is 12.4. The summed E-state index contributed by atoms with van der Waals surface area (Å²) in [5, 5.41) is 9.11. The summed E-state index contributed by atoms with van der Waals surface area (Å²) in [7, 11) is 1.92. The van der Waals surface area contributed by atoms with Gasteiger partial charge in [-0.1, -0.05) is 6.92 Å². The molecule has 0 bridgehead atoms. The van der Waals surface area contributed by atoms with Crippen LogP contribution in [0.1, 0.15) is 31.0 Å². The first-order valence-corrected chi connectivity index (χ1v) is 6.91. The highest BCUT2D eigenvalue weighted by molar-refractivity contribution is 7.09. The number of nitrogens with zero attached hydrogens (tertiary/aromatic N) is 1. The van der Waals surface area contributed by atoms with Crippen LogP contribution in [-0.2, 0) is 17.6 Å². The second-order valence-corrected chi connectivity index (χ2v) is 5.03. The maximum absolute atomic E-state index is 11.6. The van der Waals surface area contributed by atoms with Crippen molar-refractivity contribution in [2.24, 2.45) is 0 Å². The Hall–Kier alpha value is -0.940. The van der Waals surface area contributed by atoms with Crippen LogP contribution in [0, 0.1) is 0 Å².